The minimum atomic E-state index is -0.0366. The van der Waals surface area contributed by atoms with E-state index in [9.17, 15) is 9.90 Å². The molecule has 28 heavy (non-hydrogen) atoms. The average molecular weight is 383 g/mol. The van der Waals surface area contributed by atoms with Crippen molar-refractivity contribution in [3.8, 4) is 5.75 Å². The van der Waals surface area contributed by atoms with Gasteiger partial charge in [-0.15, -0.1) is 0 Å². The molecule has 0 heterocycles. The van der Waals surface area contributed by atoms with Crippen LogP contribution in [-0.2, 0) is 4.79 Å². The van der Waals surface area contributed by atoms with E-state index in [0.717, 1.165) is 23.5 Å². The number of hydrogen-bond acceptors (Lipinski definition) is 4. The number of amidine groups is 1. The summed E-state index contributed by atoms with van der Waals surface area (Å²) in [5, 5.41) is 14.5. The molecule has 0 bridgehead atoms. The predicted octanol–water partition coefficient (Wildman–Crippen LogP) is 3.60. The lowest BCUT2D eigenvalue weighted by Gasteiger charge is -2.33. The largest absolute Gasteiger partial charge is 0.508 e. The monoisotopic (exact) mass is 382 g/mol. The molecule has 0 saturated carbocycles. The number of hydrogen-bond donors (Lipinski definition) is 3. The number of nitrogens with zero attached hydrogens (tertiary/aromatic N) is 2. The minimum absolute atomic E-state index is 0.0282. The fourth-order valence-electron chi connectivity index (χ4n) is 2.87. The molecule has 0 aromatic heterocycles. The van der Waals surface area contributed by atoms with Crippen LogP contribution in [-0.4, -0.2) is 35.5 Å². The Kier molecular flexibility index (Phi) is 8.34. The van der Waals surface area contributed by atoms with Gasteiger partial charge in [-0.25, -0.2) is 0 Å². The Balaban J connectivity index is 2.15. The van der Waals surface area contributed by atoms with Crippen LogP contribution in [0.15, 0.2) is 65.3 Å². The molecule has 1 aliphatic rings. The molecule has 1 atom stereocenters. The number of aromatic hydroxyl groups is 1. The first-order chi connectivity index (χ1) is 13.5. The topological polar surface area (TPSA) is 77.0 Å². The number of benzene rings is 1. The number of rotatable bonds is 8. The molecule has 0 radical (unpaired) electrons. The molecule has 1 unspecified atom stereocenters. The highest BCUT2D eigenvalue weighted by molar-refractivity contribution is 5.79. The molecule has 0 aliphatic heterocycles. The van der Waals surface area contributed by atoms with Gasteiger partial charge in [0.1, 0.15) is 11.6 Å². The lowest BCUT2D eigenvalue weighted by Crippen LogP contribution is -2.41. The summed E-state index contributed by atoms with van der Waals surface area (Å²) in [6.45, 7) is 4.57. The average Bonchev–Trinajstić information content (AvgIpc) is 2.98. The van der Waals surface area contributed by atoms with E-state index in [4.69, 9.17) is 0 Å². The molecule has 150 valence electrons. The second kappa shape index (κ2) is 11.0. The van der Waals surface area contributed by atoms with E-state index in [1.165, 1.54) is 0 Å². The summed E-state index contributed by atoms with van der Waals surface area (Å²) >= 11 is 0. The van der Waals surface area contributed by atoms with Crippen molar-refractivity contribution in [3.05, 3.63) is 65.9 Å². The Morgan fingerprint density at radius 2 is 2.18 bits per heavy atom. The maximum Gasteiger partial charge on any atom is 0.219 e. The highest BCUT2D eigenvalue weighted by Crippen LogP contribution is 2.26. The van der Waals surface area contributed by atoms with E-state index in [0.29, 0.717) is 19.4 Å². The van der Waals surface area contributed by atoms with Crippen molar-refractivity contribution >= 4 is 11.7 Å². The number of phenolic OH excluding ortho intramolecular Hbond substituents is 1. The van der Waals surface area contributed by atoms with E-state index >= 15 is 0 Å². The number of carbonyl (C=O) groups excluding carboxylic acids is 1. The van der Waals surface area contributed by atoms with Gasteiger partial charge in [0.05, 0.1) is 11.7 Å². The second-order valence-corrected chi connectivity index (χ2v) is 6.65. The Hall–Kier alpha value is -3.02. The third kappa shape index (κ3) is 6.61. The fraction of sp³-hybridized carbons (Fsp3) is 0.364. The smallest absolute Gasteiger partial charge is 0.219 e. The van der Waals surface area contributed by atoms with E-state index in [1.807, 2.05) is 30.1 Å². The van der Waals surface area contributed by atoms with E-state index in [2.05, 4.69) is 47.0 Å². The van der Waals surface area contributed by atoms with Crippen LogP contribution >= 0.6 is 0 Å². The number of phenols is 1. The fourth-order valence-corrected chi connectivity index (χ4v) is 2.87. The quantitative estimate of drug-likeness (QED) is 0.278. The van der Waals surface area contributed by atoms with Crippen molar-refractivity contribution in [3.63, 3.8) is 0 Å². The summed E-state index contributed by atoms with van der Waals surface area (Å²) in [6, 6.07) is 7.24. The predicted molar refractivity (Wildman–Crippen MR) is 114 cm³/mol. The van der Waals surface area contributed by atoms with Gasteiger partial charge in [-0.1, -0.05) is 30.4 Å². The Morgan fingerprint density at radius 3 is 2.93 bits per heavy atom. The van der Waals surface area contributed by atoms with Crippen molar-refractivity contribution in [2.45, 2.75) is 39.2 Å². The molecule has 0 spiro atoms. The minimum Gasteiger partial charge on any atom is -0.508 e. The van der Waals surface area contributed by atoms with Crippen molar-refractivity contribution in [1.82, 2.24) is 15.8 Å². The number of amides is 1. The first kappa shape index (κ1) is 21.3. The highest BCUT2D eigenvalue weighted by Gasteiger charge is 2.18. The number of nitrogens with one attached hydrogen (secondary N) is 2. The van der Waals surface area contributed by atoms with Gasteiger partial charge >= 0.3 is 0 Å². The summed E-state index contributed by atoms with van der Waals surface area (Å²) in [5.41, 5.74) is 5.37. The van der Waals surface area contributed by atoms with Gasteiger partial charge in [0, 0.05) is 20.0 Å². The van der Waals surface area contributed by atoms with Gasteiger partial charge in [-0.05, 0) is 56.5 Å². The summed E-state index contributed by atoms with van der Waals surface area (Å²) in [4.78, 5) is 15.9. The van der Waals surface area contributed by atoms with Crippen molar-refractivity contribution in [2.75, 3.05) is 13.6 Å². The van der Waals surface area contributed by atoms with Crippen LogP contribution in [0.3, 0.4) is 0 Å². The molecule has 3 N–H and O–H groups in total. The third-order valence-corrected chi connectivity index (χ3v) is 4.45. The summed E-state index contributed by atoms with van der Waals surface area (Å²) in [7, 11) is 1.64. The lowest BCUT2D eigenvalue weighted by atomic mass is 10.1. The zero-order valence-corrected chi connectivity index (χ0v) is 16.9. The maximum atomic E-state index is 11.3. The molecule has 6 nitrogen and oxygen atoms in total. The molecular weight excluding hydrogens is 352 g/mol. The van der Waals surface area contributed by atoms with Crippen molar-refractivity contribution in [1.29, 1.82) is 0 Å². The lowest BCUT2D eigenvalue weighted by molar-refractivity contribution is -0.120. The SMILES string of the molecule is CNC(=O)CCCN=C(C)NN(C1=CC=CCC=C1)C(C)c1cccc(O)c1. The Labute approximate surface area is 167 Å². The van der Waals surface area contributed by atoms with Crippen LogP contribution in [0, 0.1) is 0 Å². The van der Waals surface area contributed by atoms with Gasteiger partial charge in [-0.3, -0.25) is 20.2 Å². The normalized spacial score (nSPS) is 14.8. The van der Waals surface area contributed by atoms with Gasteiger partial charge in [-0.2, -0.15) is 0 Å². The zero-order chi connectivity index (χ0) is 20.4. The zero-order valence-electron chi connectivity index (χ0n) is 16.9. The van der Waals surface area contributed by atoms with Gasteiger partial charge in [0.15, 0.2) is 0 Å². The van der Waals surface area contributed by atoms with Crippen LogP contribution in [0.4, 0.5) is 0 Å². The first-order valence-corrected chi connectivity index (χ1v) is 9.61. The molecule has 0 fully saturated rings. The molecular formula is C22H30N4O2. The Bertz CT molecular complexity index is 780. The van der Waals surface area contributed by atoms with Crippen LogP contribution in [0.25, 0.3) is 0 Å². The first-order valence-electron chi connectivity index (χ1n) is 9.61. The second-order valence-electron chi connectivity index (χ2n) is 6.65. The summed E-state index contributed by atoms with van der Waals surface area (Å²) in [5.74, 6) is 1.04. The number of aliphatic imine (C=N–C) groups is 1. The van der Waals surface area contributed by atoms with E-state index < -0.39 is 0 Å². The van der Waals surface area contributed by atoms with E-state index in [1.54, 1.807) is 19.2 Å². The van der Waals surface area contributed by atoms with Crippen LogP contribution in [0.5, 0.6) is 5.75 Å². The molecule has 0 saturated heterocycles. The Morgan fingerprint density at radius 1 is 1.36 bits per heavy atom. The number of carbonyl (C=O) groups is 1. The van der Waals surface area contributed by atoms with Gasteiger partial charge in [0.2, 0.25) is 5.91 Å². The molecule has 1 aliphatic carbocycles. The molecule has 1 amide bonds. The third-order valence-electron chi connectivity index (χ3n) is 4.45. The highest BCUT2D eigenvalue weighted by atomic mass is 16.3. The number of hydrazine groups is 1. The van der Waals surface area contributed by atoms with Gasteiger partial charge < -0.3 is 10.4 Å². The van der Waals surface area contributed by atoms with E-state index in [-0.39, 0.29) is 17.7 Å². The molecule has 1 aromatic rings. The van der Waals surface area contributed by atoms with Crippen LogP contribution in [0.2, 0.25) is 0 Å². The number of allylic oxidation sites excluding steroid dienone is 5. The van der Waals surface area contributed by atoms with Crippen LogP contribution < -0.4 is 10.7 Å². The van der Waals surface area contributed by atoms with Gasteiger partial charge in [0.25, 0.3) is 0 Å². The summed E-state index contributed by atoms with van der Waals surface area (Å²) in [6.07, 6.45) is 12.4. The molecule has 1 aromatic carbocycles. The summed E-state index contributed by atoms with van der Waals surface area (Å²) < 4.78 is 0. The van der Waals surface area contributed by atoms with Crippen LogP contribution in [0.1, 0.15) is 44.7 Å². The maximum absolute atomic E-state index is 11.3. The molecule has 2 rings (SSSR count). The van der Waals surface area contributed by atoms with Crippen molar-refractivity contribution < 1.29 is 9.90 Å². The molecule has 6 heteroatoms. The van der Waals surface area contributed by atoms with Crippen molar-refractivity contribution in [2.24, 2.45) is 4.99 Å². The standard InChI is InChI=1S/C22H30N4O2/c1-17(19-10-8-13-21(27)16-19)26(20-11-6-4-5-7-12-20)25-18(2)24-15-9-14-22(28)23-3/h4,6-8,10-13,16-17,27H,5,9,14-15H2,1-3H3,(H,23,28)(H,24,25).